The molecule has 0 spiro atoms. The lowest BCUT2D eigenvalue weighted by Gasteiger charge is -2.38. The molecular weight excluding hydrogens is 338 g/mol. The lowest BCUT2D eigenvalue weighted by Crippen LogP contribution is -2.45. The van der Waals surface area contributed by atoms with E-state index in [1.807, 2.05) is 24.3 Å². The Hall–Kier alpha value is -1.24. The summed E-state index contributed by atoms with van der Waals surface area (Å²) in [4.78, 5) is 22.4. The number of amides is 1. The van der Waals surface area contributed by atoms with Gasteiger partial charge in [-0.3, -0.25) is 9.59 Å². The molecule has 1 aromatic carbocycles. The minimum atomic E-state index is -0.917. The third-order valence-corrected chi connectivity index (χ3v) is 5.22. The van der Waals surface area contributed by atoms with Gasteiger partial charge in [0.1, 0.15) is 0 Å². The van der Waals surface area contributed by atoms with Crippen molar-refractivity contribution in [2.75, 3.05) is 31.3 Å². The van der Waals surface area contributed by atoms with Crippen molar-refractivity contribution in [3.8, 4) is 0 Å². The van der Waals surface area contributed by atoms with E-state index in [-0.39, 0.29) is 22.8 Å². The number of nitrogens with one attached hydrogen (secondary N) is 1. The number of aliphatic carboxylic acids is 1. The van der Waals surface area contributed by atoms with Crippen LogP contribution in [0.1, 0.15) is 18.4 Å². The summed E-state index contributed by atoms with van der Waals surface area (Å²) < 4.78 is 5.46. The zero-order valence-corrected chi connectivity index (χ0v) is 14.3. The van der Waals surface area contributed by atoms with Crippen LogP contribution in [-0.2, 0) is 19.7 Å². The van der Waals surface area contributed by atoms with Gasteiger partial charge in [-0.15, -0.1) is 11.8 Å². The standard InChI is InChI=1S/C16H20ClNO4S/c17-13-4-2-1-3-12(13)16(5-7-22-8-6-16)11-18-14(19)9-23-10-15(20)21/h1-4H,5-11H2,(H,18,19)(H,20,21). The van der Waals surface area contributed by atoms with Gasteiger partial charge in [-0.2, -0.15) is 0 Å². The molecule has 2 rings (SSSR count). The van der Waals surface area contributed by atoms with Gasteiger partial charge >= 0.3 is 5.97 Å². The van der Waals surface area contributed by atoms with Crippen molar-refractivity contribution in [2.45, 2.75) is 18.3 Å². The molecule has 0 radical (unpaired) electrons. The SMILES string of the molecule is O=C(O)CSCC(=O)NCC1(c2ccccc2Cl)CCOCC1. The number of benzene rings is 1. The molecular formula is C16H20ClNO4S. The van der Waals surface area contributed by atoms with Crippen molar-refractivity contribution < 1.29 is 19.4 Å². The van der Waals surface area contributed by atoms with Crippen LogP contribution in [0, 0.1) is 0 Å². The summed E-state index contributed by atoms with van der Waals surface area (Å²) in [6, 6.07) is 7.70. The molecule has 0 bridgehead atoms. The molecule has 126 valence electrons. The summed E-state index contributed by atoms with van der Waals surface area (Å²) in [5.74, 6) is -1.01. The van der Waals surface area contributed by atoms with E-state index < -0.39 is 5.97 Å². The van der Waals surface area contributed by atoms with Crippen LogP contribution in [0.15, 0.2) is 24.3 Å². The summed E-state index contributed by atoms with van der Waals surface area (Å²) in [5.41, 5.74) is 0.799. The number of thioether (sulfide) groups is 1. The Bertz CT molecular complexity index is 561. The first-order chi connectivity index (χ1) is 11.0. The van der Waals surface area contributed by atoms with Crippen molar-refractivity contribution in [2.24, 2.45) is 0 Å². The first-order valence-corrected chi connectivity index (χ1v) is 8.96. The molecule has 0 unspecified atom stereocenters. The predicted molar refractivity (Wildman–Crippen MR) is 91.2 cm³/mol. The fourth-order valence-corrected chi connectivity index (χ4v) is 3.64. The van der Waals surface area contributed by atoms with Crippen molar-refractivity contribution in [3.63, 3.8) is 0 Å². The average Bonchev–Trinajstić information content (AvgIpc) is 2.54. The number of hydrogen-bond donors (Lipinski definition) is 2. The van der Waals surface area contributed by atoms with Crippen molar-refractivity contribution in [3.05, 3.63) is 34.9 Å². The van der Waals surface area contributed by atoms with Gasteiger partial charge in [0.05, 0.1) is 11.5 Å². The normalized spacial score (nSPS) is 16.7. The molecule has 1 amide bonds. The van der Waals surface area contributed by atoms with Crippen LogP contribution in [0.25, 0.3) is 0 Å². The van der Waals surface area contributed by atoms with Crippen LogP contribution in [0.3, 0.4) is 0 Å². The van der Waals surface area contributed by atoms with Crippen LogP contribution in [0.4, 0.5) is 0 Å². The number of carboxylic acid groups (broad SMARTS) is 1. The fourth-order valence-electron chi connectivity index (χ4n) is 2.74. The van der Waals surface area contributed by atoms with Crippen LogP contribution >= 0.6 is 23.4 Å². The highest BCUT2D eigenvalue weighted by atomic mass is 35.5. The molecule has 0 aromatic heterocycles. The van der Waals surface area contributed by atoms with E-state index >= 15 is 0 Å². The zero-order chi connectivity index (χ0) is 16.7. The van der Waals surface area contributed by atoms with E-state index in [1.54, 1.807) is 0 Å². The Balaban J connectivity index is 2.01. The van der Waals surface area contributed by atoms with Crippen LogP contribution in [-0.4, -0.2) is 48.2 Å². The number of ether oxygens (including phenoxy) is 1. The van der Waals surface area contributed by atoms with E-state index in [2.05, 4.69) is 5.32 Å². The number of carboxylic acids is 1. The summed E-state index contributed by atoms with van der Waals surface area (Å²) in [6.45, 7) is 1.75. The molecule has 1 saturated heterocycles. The molecule has 23 heavy (non-hydrogen) atoms. The summed E-state index contributed by atoms with van der Waals surface area (Å²) in [6.07, 6.45) is 1.58. The maximum absolute atomic E-state index is 11.9. The minimum absolute atomic E-state index is 0.0725. The van der Waals surface area contributed by atoms with Gasteiger partial charge in [0, 0.05) is 30.2 Å². The highest BCUT2D eigenvalue weighted by molar-refractivity contribution is 8.00. The topological polar surface area (TPSA) is 75.6 Å². The first-order valence-electron chi connectivity index (χ1n) is 7.42. The van der Waals surface area contributed by atoms with Crippen LogP contribution in [0.2, 0.25) is 5.02 Å². The number of halogens is 1. The van der Waals surface area contributed by atoms with Gasteiger partial charge in [0.15, 0.2) is 0 Å². The van der Waals surface area contributed by atoms with Gasteiger partial charge < -0.3 is 15.2 Å². The third kappa shape index (κ3) is 5.12. The molecule has 0 saturated carbocycles. The van der Waals surface area contributed by atoms with E-state index in [1.165, 1.54) is 0 Å². The summed E-state index contributed by atoms with van der Waals surface area (Å²) in [5, 5.41) is 12.2. The molecule has 1 fully saturated rings. The van der Waals surface area contributed by atoms with E-state index in [0.717, 1.165) is 30.2 Å². The number of carbonyl (C=O) groups is 2. The Morgan fingerprint density at radius 1 is 1.26 bits per heavy atom. The molecule has 1 aliphatic heterocycles. The van der Waals surface area contributed by atoms with Gasteiger partial charge in [-0.1, -0.05) is 29.8 Å². The monoisotopic (exact) mass is 357 g/mol. The Morgan fingerprint density at radius 2 is 1.96 bits per heavy atom. The Morgan fingerprint density at radius 3 is 2.61 bits per heavy atom. The molecule has 0 atom stereocenters. The van der Waals surface area contributed by atoms with E-state index in [9.17, 15) is 9.59 Å². The fraction of sp³-hybridized carbons (Fsp3) is 0.500. The van der Waals surface area contributed by atoms with Gasteiger partial charge in [-0.05, 0) is 24.5 Å². The Kier molecular flexibility index (Phi) is 6.74. The second-order valence-electron chi connectivity index (χ2n) is 5.54. The van der Waals surface area contributed by atoms with Gasteiger partial charge in [-0.25, -0.2) is 0 Å². The first kappa shape index (κ1) is 18.1. The quantitative estimate of drug-likeness (QED) is 0.783. The molecule has 5 nitrogen and oxygen atoms in total. The smallest absolute Gasteiger partial charge is 0.313 e. The number of carbonyl (C=O) groups excluding carboxylic acids is 1. The maximum Gasteiger partial charge on any atom is 0.313 e. The predicted octanol–water partition coefficient (Wildman–Crippen LogP) is 2.32. The highest BCUT2D eigenvalue weighted by Gasteiger charge is 2.36. The van der Waals surface area contributed by atoms with Gasteiger partial charge in [0.25, 0.3) is 0 Å². The minimum Gasteiger partial charge on any atom is -0.481 e. The second kappa shape index (κ2) is 8.57. The van der Waals surface area contributed by atoms with E-state index in [0.29, 0.717) is 24.8 Å². The van der Waals surface area contributed by atoms with Crippen LogP contribution < -0.4 is 5.32 Å². The third-order valence-electron chi connectivity index (χ3n) is 3.98. The van der Waals surface area contributed by atoms with Crippen LogP contribution in [0.5, 0.6) is 0 Å². The molecule has 1 heterocycles. The highest BCUT2D eigenvalue weighted by Crippen LogP contribution is 2.38. The maximum atomic E-state index is 11.9. The second-order valence-corrected chi connectivity index (χ2v) is 6.93. The molecule has 7 heteroatoms. The zero-order valence-electron chi connectivity index (χ0n) is 12.7. The van der Waals surface area contributed by atoms with Crippen molar-refractivity contribution in [1.82, 2.24) is 5.32 Å². The summed E-state index contributed by atoms with van der Waals surface area (Å²) in [7, 11) is 0. The molecule has 1 aromatic rings. The van der Waals surface area contributed by atoms with E-state index in [4.69, 9.17) is 21.4 Å². The lowest BCUT2D eigenvalue weighted by atomic mass is 9.74. The van der Waals surface area contributed by atoms with Crippen molar-refractivity contribution in [1.29, 1.82) is 0 Å². The lowest BCUT2D eigenvalue weighted by molar-refractivity contribution is -0.133. The van der Waals surface area contributed by atoms with Crippen molar-refractivity contribution >= 4 is 35.2 Å². The van der Waals surface area contributed by atoms with Gasteiger partial charge in [0.2, 0.25) is 5.91 Å². The number of rotatable bonds is 7. The Labute approximate surface area is 144 Å². The molecule has 2 N–H and O–H groups in total. The average molecular weight is 358 g/mol. The molecule has 0 aliphatic carbocycles. The summed E-state index contributed by atoms with van der Waals surface area (Å²) >= 11 is 7.45. The largest absolute Gasteiger partial charge is 0.481 e. The number of hydrogen-bond acceptors (Lipinski definition) is 4. The molecule has 1 aliphatic rings.